The van der Waals surface area contributed by atoms with E-state index in [1.807, 2.05) is 6.92 Å². The summed E-state index contributed by atoms with van der Waals surface area (Å²) in [6, 6.07) is 5.25. The van der Waals surface area contributed by atoms with Crippen molar-refractivity contribution in [2.75, 3.05) is 26.6 Å². The van der Waals surface area contributed by atoms with Gasteiger partial charge < -0.3 is 19.5 Å². The maximum absolute atomic E-state index is 12.2. The molecule has 1 N–H and O–H groups in total. The van der Waals surface area contributed by atoms with Crippen LogP contribution in [0.1, 0.15) is 15.6 Å². The minimum Gasteiger partial charge on any atom is -0.493 e. The van der Waals surface area contributed by atoms with Crippen LogP contribution in [0.3, 0.4) is 0 Å². The number of methoxy groups -OCH3 is 3. The molecule has 6 nitrogen and oxygen atoms in total. The molecule has 0 aliphatic carbocycles. The zero-order chi connectivity index (χ0) is 16.8. The molecule has 0 unspecified atom stereocenters. The van der Waals surface area contributed by atoms with Gasteiger partial charge in [-0.1, -0.05) is 0 Å². The molecule has 0 spiro atoms. The molecule has 1 amide bonds. The van der Waals surface area contributed by atoms with E-state index in [4.69, 9.17) is 14.2 Å². The lowest BCUT2D eigenvalue weighted by atomic mass is 10.2. The fraction of sp³-hybridized carbons (Fsp3) is 0.375. The zero-order valence-electron chi connectivity index (χ0n) is 13.6. The number of amides is 1. The van der Waals surface area contributed by atoms with E-state index in [9.17, 15) is 4.79 Å². The molecule has 1 aromatic heterocycles. The summed E-state index contributed by atoms with van der Waals surface area (Å²) < 4.78 is 15.5. The molecule has 124 valence electrons. The molecule has 0 aliphatic heterocycles. The van der Waals surface area contributed by atoms with Crippen LogP contribution in [0.25, 0.3) is 0 Å². The number of hydrogen-bond donors (Lipinski definition) is 1. The Morgan fingerprint density at radius 3 is 2.61 bits per heavy atom. The van der Waals surface area contributed by atoms with E-state index in [0.717, 1.165) is 15.6 Å². The van der Waals surface area contributed by atoms with Crippen LogP contribution >= 0.6 is 11.3 Å². The highest BCUT2D eigenvalue weighted by molar-refractivity contribution is 7.11. The number of aryl methyl sites for hydroxylation is 1. The summed E-state index contributed by atoms with van der Waals surface area (Å²) in [4.78, 5) is 17.5. The molecule has 0 atom stereocenters. The quantitative estimate of drug-likeness (QED) is 0.842. The Morgan fingerprint density at radius 1 is 1.22 bits per heavy atom. The average molecular weight is 336 g/mol. The Hall–Kier alpha value is -2.12. The number of aromatic nitrogens is 1. The Kier molecular flexibility index (Phi) is 5.95. The smallest absolute Gasteiger partial charge is 0.229 e. The second-order valence-corrected chi connectivity index (χ2v) is 6.01. The third kappa shape index (κ3) is 4.43. The van der Waals surface area contributed by atoms with E-state index in [1.165, 1.54) is 11.3 Å². The van der Waals surface area contributed by atoms with E-state index < -0.39 is 0 Å². The highest BCUT2D eigenvalue weighted by atomic mass is 32.1. The Morgan fingerprint density at radius 2 is 1.96 bits per heavy atom. The number of carbonyl (C=O) groups excluding carboxylic acids is 1. The monoisotopic (exact) mass is 336 g/mol. The third-order valence-corrected chi connectivity index (χ3v) is 4.32. The van der Waals surface area contributed by atoms with Gasteiger partial charge in [-0.25, -0.2) is 4.98 Å². The summed E-state index contributed by atoms with van der Waals surface area (Å²) in [7, 11) is 4.75. The van der Waals surface area contributed by atoms with E-state index >= 15 is 0 Å². The first-order valence-electron chi connectivity index (χ1n) is 7.03. The second kappa shape index (κ2) is 7.94. The van der Waals surface area contributed by atoms with Gasteiger partial charge in [0.1, 0.15) is 5.01 Å². The molecule has 0 aliphatic rings. The van der Waals surface area contributed by atoms with E-state index in [1.54, 1.807) is 39.5 Å². The fourth-order valence-electron chi connectivity index (χ4n) is 2.10. The lowest BCUT2D eigenvalue weighted by molar-refractivity contribution is -0.115. The molecule has 0 bridgehead atoms. The standard InChI is InChI=1S/C16H20N2O4S/c1-10-14(23-16(17-10)9-20-2)8-15(19)18-11-5-6-12(21-3)13(7-11)22-4/h5-7H,8-9H2,1-4H3,(H,18,19). The first-order valence-corrected chi connectivity index (χ1v) is 7.85. The predicted octanol–water partition coefficient (Wildman–Crippen LogP) is 2.80. The van der Waals surface area contributed by atoms with Gasteiger partial charge >= 0.3 is 0 Å². The van der Waals surface area contributed by atoms with Crippen LogP contribution in [-0.4, -0.2) is 32.2 Å². The molecule has 2 rings (SSSR count). The van der Waals surface area contributed by atoms with Crippen molar-refractivity contribution in [3.63, 3.8) is 0 Å². The summed E-state index contributed by atoms with van der Waals surface area (Å²) in [6.45, 7) is 2.36. The van der Waals surface area contributed by atoms with Crippen LogP contribution in [0.15, 0.2) is 18.2 Å². The van der Waals surface area contributed by atoms with Crippen molar-refractivity contribution in [1.29, 1.82) is 0 Å². The zero-order valence-corrected chi connectivity index (χ0v) is 14.5. The molecular weight excluding hydrogens is 316 g/mol. The second-order valence-electron chi connectivity index (χ2n) is 4.84. The minimum absolute atomic E-state index is 0.104. The van der Waals surface area contributed by atoms with Crippen LogP contribution in [0.2, 0.25) is 0 Å². The first kappa shape index (κ1) is 17.2. The van der Waals surface area contributed by atoms with E-state index in [-0.39, 0.29) is 12.3 Å². The highest BCUT2D eigenvalue weighted by Gasteiger charge is 2.13. The van der Waals surface area contributed by atoms with Gasteiger partial charge in [0.2, 0.25) is 5.91 Å². The molecule has 7 heteroatoms. The number of ether oxygens (including phenoxy) is 3. The lowest BCUT2D eigenvalue weighted by Crippen LogP contribution is -2.14. The number of anilines is 1. The molecular formula is C16H20N2O4S. The summed E-state index contributed by atoms with van der Waals surface area (Å²) in [5.41, 5.74) is 1.52. The van der Waals surface area contributed by atoms with Crippen molar-refractivity contribution in [3.8, 4) is 11.5 Å². The Balaban J connectivity index is 2.05. The number of thiazole rings is 1. The van der Waals surface area contributed by atoms with Crippen molar-refractivity contribution in [1.82, 2.24) is 4.98 Å². The van der Waals surface area contributed by atoms with Crippen LogP contribution in [0, 0.1) is 6.92 Å². The van der Waals surface area contributed by atoms with Gasteiger partial charge in [0, 0.05) is 23.7 Å². The molecule has 0 radical (unpaired) electrons. The van der Waals surface area contributed by atoms with Gasteiger partial charge in [0.05, 0.1) is 32.9 Å². The van der Waals surface area contributed by atoms with Gasteiger partial charge in [0.15, 0.2) is 11.5 Å². The molecule has 0 saturated heterocycles. The van der Waals surface area contributed by atoms with Crippen LogP contribution < -0.4 is 14.8 Å². The largest absolute Gasteiger partial charge is 0.493 e. The number of benzene rings is 1. The predicted molar refractivity (Wildman–Crippen MR) is 89.4 cm³/mol. The summed E-state index contributed by atoms with van der Waals surface area (Å²) in [5.74, 6) is 1.09. The van der Waals surface area contributed by atoms with Crippen LogP contribution in [0.4, 0.5) is 5.69 Å². The maximum atomic E-state index is 12.2. The van der Waals surface area contributed by atoms with Gasteiger partial charge in [-0.2, -0.15) is 0 Å². The van der Waals surface area contributed by atoms with Gasteiger partial charge in [-0.15, -0.1) is 11.3 Å². The number of nitrogens with zero attached hydrogens (tertiary/aromatic N) is 1. The number of rotatable bonds is 7. The number of carbonyl (C=O) groups is 1. The average Bonchev–Trinajstić information content (AvgIpc) is 2.87. The topological polar surface area (TPSA) is 69.7 Å². The molecule has 0 fully saturated rings. The normalized spacial score (nSPS) is 10.4. The van der Waals surface area contributed by atoms with Gasteiger partial charge in [-0.3, -0.25) is 4.79 Å². The van der Waals surface area contributed by atoms with Gasteiger partial charge in [0.25, 0.3) is 0 Å². The fourth-order valence-corrected chi connectivity index (χ4v) is 3.14. The summed E-state index contributed by atoms with van der Waals surface area (Å²) in [6.07, 6.45) is 0.279. The van der Waals surface area contributed by atoms with Crippen LogP contribution in [0.5, 0.6) is 11.5 Å². The highest BCUT2D eigenvalue weighted by Crippen LogP contribution is 2.30. The van der Waals surface area contributed by atoms with Crippen LogP contribution in [-0.2, 0) is 22.6 Å². The van der Waals surface area contributed by atoms with Crippen molar-refractivity contribution < 1.29 is 19.0 Å². The maximum Gasteiger partial charge on any atom is 0.229 e. The number of hydrogen-bond acceptors (Lipinski definition) is 6. The lowest BCUT2D eigenvalue weighted by Gasteiger charge is -2.10. The molecule has 23 heavy (non-hydrogen) atoms. The van der Waals surface area contributed by atoms with E-state index in [0.29, 0.717) is 23.8 Å². The third-order valence-electron chi connectivity index (χ3n) is 3.19. The molecule has 2 aromatic rings. The molecule has 0 saturated carbocycles. The van der Waals surface area contributed by atoms with Crippen molar-refractivity contribution >= 4 is 22.9 Å². The van der Waals surface area contributed by atoms with Crippen molar-refractivity contribution in [2.24, 2.45) is 0 Å². The summed E-state index contributed by atoms with van der Waals surface area (Å²) >= 11 is 1.50. The number of nitrogens with one attached hydrogen (secondary N) is 1. The molecule has 1 aromatic carbocycles. The van der Waals surface area contributed by atoms with E-state index in [2.05, 4.69) is 10.3 Å². The first-order chi connectivity index (χ1) is 11.1. The van der Waals surface area contributed by atoms with Crippen molar-refractivity contribution in [2.45, 2.75) is 20.0 Å². The minimum atomic E-state index is -0.104. The Labute approximate surface area is 139 Å². The Bertz CT molecular complexity index is 685. The summed E-state index contributed by atoms with van der Waals surface area (Å²) in [5, 5.41) is 3.73. The SMILES string of the molecule is COCc1nc(C)c(CC(=O)Nc2ccc(OC)c(OC)c2)s1. The van der Waals surface area contributed by atoms with Gasteiger partial charge in [-0.05, 0) is 19.1 Å². The van der Waals surface area contributed by atoms with Crippen molar-refractivity contribution in [3.05, 3.63) is 33.8 Å². The molecule has 1 heterocycles.